The van der Waals surface area contributed by atoms with Crippen LogP contribution in [0.15, 0.2) is 12.1 Å². The zero-order valence-corrected chi connectivity index (χ0v) is 17.0. The molecule has 140 valence electrons. The molecule has 1 aliphatic heterocycles. The van der Waals surface area contributed by atoms with E-state index in [0.29, 0.717) is 5.56 Å². The normalized spacial score (nSPS) is 20.3. The fraction of sp³-hybridized carbons (Fsp3) is 0.667. The van der Waals surface area contributed by atoms with Crippen LogP contribution < -0.4 is 10.6 Å². The van der Waals surface area contributed by atoms with Crippen molar-refractivity contribution in [3.05, 3.63) is 28.8 Å². The summed E-state index contributed by atoms with van der Waals surface area (Å²) in [4.78, 5) is 12.9. The highest BCUT2D eigenvalue weighted by atomic mass is 16.3. The predicted octanol–water partition coefficient (Wildman–Crippen LogP) is 4.04. The number of nitrogens with one attached hydrogen (secondary N) is 2. The quantitative estimate of drug-likeness (QED) is 0.757. The van der Waals surface area contributed by atoms with Crippen molar-refractivity contribution in [3.63, 3.8) is 0 Å². The van der Waals surface area contributed by atoms with E-state index in [1.54, 1.807) is 0 Å². The summed E-state index contributed by atoms with van der Waals surface area (Å²) in [6.07, 6.45) is 1.72. The summed E-state index contributed by atoms with van der Waals surface area (Å²) < 4.78 is 0. The van der Waals surface area contributed by atoms with Gasteiger partial charge in [-0.15, -0.1) is 0 Å². The highest BCUT2D eigenvalue weighted by Crippen LogP contribution is 2.32. The van der Waals surface area contributed by atoms with Crippen molar-refractivity contribution in [1.82, 2.24) is 10.6 Å². The van der Waals surface area contributed by atoms with E-state index < -0.39 is 0 Å². The number of rotatable bonds is 2. The van der Waals surface area contributed by atoms with Gasteiger partial charge in [0, 0.05) is 17.1 Å². The second-order valence-electron chi connectivity index (χ2n) is 9.91. The Morgan fingerprint density at radius 3 is 2.16 bits per heavy atom. The summed E-state index contributed by atoms with van der Waals surface area (Å²) in [6.45, 7) is 16.8. The zero-order valence-electron chi connectivity index (χ0n) is 17.0. The average molecular weight is 347 g/mol. The molecular weight excluding hydrogens is 312 g/mol. The maximum Gasteiger partial charge on any atom is 0.255 e. The van der Waals surface area contributed by atoms with Gasteiger partial charge in [0.2, 0.25) is 0 Å². The molecule has 0 spiro atoms. The Labute approximate surface area is 152 Å². The Bertz CT molecular complexity index is 653. The maximum atomic E-state index is 12.9. The maximum absolute atomic E-state index is 12.9. The van der Waals surface area contributed by atoms with E-state index in [2.05, 4.69) is 59.1 Å². The first-order valence-corrected chi connectivity index (χ1v) is 9.14. The molecule has 1 aromatic carbocycles. The number of aryl methyl sites for hydroxylation is 1. The summed E-state index contributed by atoms with van der Waals surface area (Å²) in [5.74, 6) is -0.108. The minimum Gasteiger partial charge on any atom is -0.507 e. The molecule has 0 saturated carbocycles. The highest BCUT2D eigenvalue weighted by Gasteiger charge is 2.38. The van der Waals surface area contributed by atoms with E-state index in [1.165, 1.54) is 0 Å². The van der Waals surface area contributed by atoms with Crippen molar-refractivity contribution in [2.75, 3.05) is 0 Å². The Morgan fingerprint density at radius 1 is 1.16 bits per heavy atom. The number of carbonyl (C=O) groups excluding carboxylic acids is 1. The fourth-order valence-corrected chi connectivity index (χ4v) is 4.07. The molecule has 1 aromatic rings. The van der Waals surface area contributed by atoms with E-state index >= 15 is 0 Å². The van der Waals surface area contributed by atoms with Crippen LogP contribution in [0.1, 0.15) is 82.8 Å². The van der Waals surface area contributed by atoms with Crippen LogP contribution in [0.5, 0.6) is 5.75 Å². The lowest BCUT2D eigenvalue weighted by atomic mass is 9.79. The number of carbonyl (C=O) groups is 1. The summed E-state index contributed by atoms with van der Waals surface area (Å²) >= 11 is 0. The molecule has 3 N–H and O–H groups in total. The number of amides is 1. The first-order valence-electron chi connectivity index (χ1n) is 9.14. The van der Waals surface area contributed by atoms with Crippen molar-refractivity contribution in [3.8, 4) is 5.75 Å². The molecular formula is C21H34N2O2. The first-order chi connectivity index (χ1) is 11.2. The minimum absolute atomic E-state index is 0.0368. The molecule has 0 unspecified atom stereocenters. The van der Waals surface area contributed by atoms with Crippen LogP contribution in [-0.2, 0) is 5.41 Å². The van der Waals surface area contributed by atoms with Crippen molar-refractivity contribution in [1.29, 1.82) is 0 Å². The van der Waals surface area contributed by atoms with E-state index in [0.717, 1.165) is 24.0 Å². The number of phenolic OH excluding ortho intramolecular Hbond substituents is 1. The lowest BCUT2D eigenvalue weighted by molar-refractivity contribution is 0.0870. The second kappa shape index (κ2) is 6.31. The van der Waals surface area contributed by atoms with Gasteiger partial charge in [-0.2, -0.15) is 0 Å². The van der Waals surface area contributed by atoms with Gasteiger partial charge in [-0.25, -0.2) is 0 Å². The Balaban J connectivity index is 2.28. The van der Waals surface area contributed by atoms with Gasteiger partial charge >= 0.3 is 0 Å². The Hall–Kier alpha value is -1.55. The molecule has 1 fully saturated rings. The van der Waals surface area contributed by atoms with Crippen molar-refractivity contribution in [2.24, 2.45) is 0 Å². The molecule has 4 heteroatoms. The third kappa shape index (κ3) is 4.75. The summed E-state index contributed by atoms with van der Waals surface area (Å²) in [5, 5.41) is 17.2. The van der Waals surface area contributed by atoms with Crippen LogP contribution in [0, 0.1) is 6.92 Å². The molecule has 1 aliphatic rings. The number of phenols is 1. The molecule has 1 saturated heterocycles. The Kier molecular flexibility index (Phi) is 4.99. The summed E-state index contributed by atoms with van der Waals surface area (Å²) in [5.41, 5.74) is 2.02. The van der Waals surface area contributed by atoms with Crippen molar-refractivity contribution >= 4 is 5.91 Å². The van der Waals surface area contributed by atoms with Gasteiger partial charge in [-0.3, -0.25) is 4.79 Å². The summed E-state index contributed by atoms with van der Waals surface area (Å²) in [6, 6.07) is 3.87. The predicted molar refractivity (Wildman–Crippen MR) is 103 cm³/mol. The molecule has 0 bridgehead atoms. The number of benzene rings is 1. The van der Waals surface area contributed by atoms with Gasteiger partial charge in [0.05, 0.1) is 5.56 Å². The van der Waals surface area contributed by atoms with Crippen LogP contribution in [-0.4, -0.2) is 28.1 Å². The first kappa shape index (κ1) is 19.8. The number of hydrogen-bond acceptors (Lipinski definition) is 3. The molecule has 4 nitrogen and oxygen atoms in total. The van der Waals surface area contributed by atoms with Crippen LogP contribution in [0.4, 0.5) is 0 Å². The molecule has 0 radical (unpaired) electrons. The van der Waals surface area contributed by atoms with Crippen LogP contribution in [0.2, 0.25) is 0 Å². The molecule has 1 heterocycles. The van der Waals surface area contributed by atoms with Gasteiger partial charge < -0.3 is 15.7 Å². The van der Waals surface area contributed by atoms with Gasteiger partial charge in [0.15, 0.2) is 0 Å². The molecule has 0 aliphatic carbocycles. The minimum atomic E-state index is -0.190. The third-order valence-corrected chi connectivity index (χ3v) is 4.94. The highest BCUT2D eigenvalue weighted by molar-refractivity contribution is 5.97. The topological polar surface area (TPSA) is 61.4 Å². The molecule has 0 aromatic heterocycles. The number of piperidine rings is 1. The lowest BCUT2D eigenvalue weighted by Crippen LogP contribution is -2.62. The number of aromatic hydroxyl groups is 1. The SMILES string of the molecule is Cc1cc(C(C)(C)C)cc(C(=O)NC2CC(C)(C)NC(C)(C)C2)c1O. The smallest absolute Gasteiger partial charge is 0.255 e. The van der Waals surface area contributed by atoms with Crippen LogP contribution in [0.3, 0.4) is 0 Å². The van der Waals surface area contributed by atoms with Gasteiger partial charge in [0.25, 0.3) is 5.91 Å². The van der Waals surface area contributed by atoms with Gasteiger partial charge in [0.1, 0.15) is 5.75 Å². The molecule has 0 atom stereocenters. The molecule has 2 rings (SSSR count). The van der Waals surface area contributed by atoms with Crippen molar-refractivity contribution in [2.45, 2.75) is 90.8 Å². The standard InChI is InChI=1S/C21H34N2O2/c1-13-9-14(19(2,3)4)10-16(17(13)24)18(25)22-15-11-20(5,6)23-21(7,8)12-15/h9-10,15,23-24H,11-12H2,1-8H3,(H,22,25). The van der Waals surface area contributed by atoms with Crippen LogP contribution in [0.25, 0.3) is 0 Å². The second-order valence-corrected chi connectivity index (χ2v) is 9.91. The largest absolute Gasteiger partial charge is 0.507 e. The third-order valence-electron chi connectivity index (χ3n) is 4.94. The zero-order chi connectivity index (χ0) is 19.2. The summed E-state index contributed by atoms with van der Waals surface area (Å²) in [7, 11) is 0. The van der Waals surface area contributed by atoms with Gasteiger partial charge in [-0.05, 0) is 70.1 Å². The monoisotopic (exact) mass is 346 g/mol. The van der Waals surface area contributed by atoms with Crippen molar-refractivity contribution < 1.29 is 9.90 Å². The van der Waals surface area contributed by atoms with E-state index in [-0.39, 0.29) is 34.2 Å². The van der Waals surface area contributed by atoms with E-state index in [4.69, 9.17) is 0 Å². The number of hydrogen-bond donors (Lipinski definition) is 3. The average Bonchev–Trinajstić information content (AvgIpc) is 2.36. The lowest BCUT2D eigenvalue weighted by Gasteiger charge is -2.46. The molecule has 25 heavy (non-hydrogen) atoms. The van der Waals surface area contributed by atoms with Gasteiger partial charge in [-0.1, -0.05) is 26.8 Å². The van der Waals surface area contributed by atoms with E-state index in [9.17, 15) is 9.90 Å². The molecule has 1 amide bonds. The van der Waals surface area contributed by atoms with E-state index in [1.807, 2.05) is 19.1 Å². The Morgan fingerprint density at radius 2 is 1.68 bits per heavy atom. The fourth-order valence-electron chi connectivity index (χ4n) is 4.07. The van der Waals surface area contributed by atoms with Crippen LogP contribution >= 0.6 is 0 Å².